The van der Waals surface area contributed by atoms with E-state index >= 15 is 0 Å². The summed E-state index contributed by atoms with van der Waals surface area (Å²) >= 11 is 1.99. The lowest BCUT2D eigenvalue weighted by Gasteiger charge is -2.40. The van der Waals surface area contributed by atoms with Crippen LogP contribution in [-0.4, -0.2) is 24.2 Å². The lowest BCUT2D eigenvalue weighted by Crippen LogP contribution is -2.43. The van der Waals surface area contributed by atoms with Gasteiger partial charge in [0.25, 0.3) is 0 Å². The zero-order chi connectivity index (χ0) is 13.6. The minimum Gasteiger partial charge on any atom is -0.479 e. The Balaban J connectivity index is 1.81. The average Bonchev–Trinajstić information content (AvgIpc) is 2.40. The second kappa shape index (κ2) is 6.83. The molecule has 1 fully saturated rings. The molecule has 4 heteroatoms. The molecule has 0 radical (unpaired) electrons. The fourth-order valence-corrected chi connectivity index (χ4v) is 3.26. The Bertz CT molecular complexity index is 446. The normalized spacial score (nSPS) is 16.4. The molecule has 0 aliphatic heterocycles. The molecule has 3 nitrogen and oxygen atoms in total. The van der Waals surface area contributed by atoms with Crippen molar-refractivity contribution in [1.29, 1.82) is 5.26 Å². The van der Waals surface area contributed by atoms with Crippen molar-refractivity contribution < 1.29 is 4.74 Å². The van der Waals surface area contributed by atoms with E-state index in [9.17, 15) is 0 Å². The summed E-state index contributed by atoms with van der Waals surface area (Å²) < 4.78 is 5.77. The molecule has 0 heterocycles. The van der Waals surface area contributed by atoms with Crippen LogP contribution in [0.15, 0.2) is 24.3 Å². The highest BCUT2D eigenvalue weighted by molar-refractivity contribution is 8.00. The summed E-state index contributed by atoms with van der Waals surface area (Å²) in [4.78, 5) is 0. The summed E-state index contributed by atoms with van der Waals surface area (Å²) in [6.07, 6.45) is 6.22. The van der Waals surface area contributed by atoms with Gasteiger partial charge in [-0.3, -0.25) is 0 Å². The summed E-state index contributed by atoms with van der Waals surface area (Å²) in [5, 5.41) is 12.0. The molecular formula is C15H20N2OS. The zero-order valence-corrected chi connectivity index (χ0v) is 12.1. The third-order valence-corrected chi connectivity index (χ3v) is 5.09. The Morgan fingerprint density at radius 1 is 1.47 bits per heavy atom. The lowest BCUT2D eigenvalue weighted by molar-refractivity contribution is 0.345. The van der Waals surface area contributed by atoms with Crippen LogP contribution in [0.1, 0.15) is 24.8 Å². The van der Waals surface area contributed by atoms with Crippen molar-refractivity contribution in [3.05, 3.63) is 29.8 Å². The van der Waals surface area contributed by atoms with Crippen LogP contribution in [0.25, 0.3) is 0 Å². The van der Waals surface area contributed by atoms with E-state index in [4.69, 9.17) is 10.00 Å². The number of rotatable bonds is 7. The maximum atomic E-state index is 8.50. The van der Waals surface area contributed by atoms with E-state index in [1.165, 1.54) is 24.8 Å². The van der Waals surface area contributed by atoms with Crippen molar-refractivity contribution >= 4 is 11.8 Å². The highest BCUT2D eigenvalue weighted by atomic mass is 32.2. The van der Waals surface area contributed by atoms with Crippen molar-refractivity contribution in [3.63, 3.8) is 0 Å². The highest BCUT2D eigenvalue weighted by Gasteiger charge is 2.35. The van der Waals surface area contributed by atoms with Gasteiger partial charge in [-0.15, -0.1) is 0 Å². The fraction of sp³-hybridized carbons (Fsp3) is 0.533. The zero-order valence-electron chi connectivity index (χ0n) is 11.3. The van der Waals surface area contributed by atoms with E-state index in [0.29, 0.717) is 4.75 Å². The number of ether oxygens (including phenoxy) is 1. The summed E-state index contributed by atoms with van der Waals surface area (Å²) in [7, 11) is 0. The molecule has 2 rings (SSSR count). The van der Waals surface area contributed by atoms with Crippen molar-refractivity contribution in [3.8, 4) is 11.8 Å². The van der Waals surface area contributed by atoms with E-state index in [-0.39, 0.29) is 6.61 Å². The van der Waals surface area contributed by atoms with Crippen LogP contribution in [0.2, 0.25) is 0 Å². The average molecular weight is 276 g/mol. The van der Waals surface area contributed by atoms with Gasteiger partial charge in [-0.25, -0.2) is 0 Å². The van der Waals surface area contributed by atoms with E-state index in [1.807, 2.05) is 36.0 Å². The van der Waals surface area contributed by atoms with Gasteiger partial charge in [-0.1, -0.05) is 18.6 Å². The summed E-state index contributed by atoms with van der Waals surface area (Å²) in [6.45, 7) is 2.02. The molecule has 102 valence electrons. The van der Waals surface area contributed by atoms with E-state index < -0.39 is 0 Å². The molecule has 1 aromatic rings. The smallest absolute Gasteiger partial charge is 0.174 e. The Morgan fingerprint density at radius 3 is 2.95 bits per heavy atom. The van der Waals surface area contributed by atoms with Gasteiger partial charge in [0.1, 0.15) is 11.8 Å². The molecule has 0 unspecified atom stereocenters. The van der Waals surface area contributed by atoms with Gasteiger partial charge in [-0.2, -0.15) is 17.0 Å². The van der Waals surface area contributed by atoms with E-state index in [1.54, 1.807) is 0 Å². The van der Waals surface area contributed by atoms with Gasteiger partial charge in [0.2, 0.25) is 0 Å². The number of nitrogens with zero attached hydrogens (tertiary/aromatic N) is 1. The first-order valence-electron chi connectivity index (χ1n) is 6.63. The van der Waals surface area contributed by atoms with Gasteiger partial charge < -0.3 is 10.1 Å². The number of thioether (sulfide) groups is 1. The molecule has 0 aromatic heterocycles. The van der Waals surface area contributed by atoms with E-state index in [0.717, 1.165) is 18.8 Å². The van der Waals surface area contributed by atoms with Crippen LogP contribution in [0, 0.1) is 11.3 Å². The maximum Gasteiger partial charge on any atom is 0.174 e. The molecule has 1 saturated carbocycles. The monoisotopic (exact) mass is 276 g/mol. The first-order chi connectivity index (χ1) is 9.28. The van der Waals surface area contributed by atoms with Gasteiger partial charge in [-0.05, 0) is 36.8 Å². The third kappa shape index (κ3) is 3.89. The standard InChI is InChI=1S/C15H20N2OS/c1-19-15(6-3-7-15)12-17-11-13-4-2-5-14(10-13)18-9-8-16/h2,4-5,10,17H,3,6-7,9,11-12H2,1H3. The molecular weight excluding hydrogens is 256 g/mol. The van der Waals surface area contributed by atoms with Crippen LogP contribution >= 0.6 is 11.8 Å². The Hall–Kier alpha value is -1.18. The molecule has 0 spiro atoms. The third-order valence-electron chi connectivity index (χ3n) is 3.68. The van der Waals surface area contributed by atoms with Crippen LogP contribution in [0.4, 0.5) is 0 Å². The SMILES string of the molecule is CSC1(CNCc2cccc(OCC#N)c2)CCC1. The van der Waals surface area contributed by atoms with Gasteiger partial charge >= 0.3 is 0 Å². The second-order valence-electron chi connectivity index (χ2n) is 4.94. The number of hydrogen-bond donors (Lipinski definition) is 1. The number of nitriles is 1. The van der Waals surface area contributed by atoms with Crippen molar-refractivity contribution in [2.75, 3.05) is 19.4 Å². The molecule has 1 aliphatic rings. The largest absolute Gasteiger partial charge is 0.479 e. The van der Waals surface area contributed by atoms with Crippen molar-refractivity contribution in [2.45, 2.75) is 30.6 Å². The molecule has 1 N–H and O–H groups in total. The minimum atomic E-state index is 0.104. The van der Waals surface area contributed by atoms with Crippen molar-refractivity contribution in [2.24, 2.45) is 0 Å². The topological polar surface area (TPSA) is 45.0 Å². The van der Waals surface area contributed by atoms with E-state index in [2.05, 4.69) is 17.6 Å². The van der Waals surface area contributed by atoms with Crippen LogP contribution in [0.3, 0.4) is 0 Å². The minimum absolute atomic E-state index is 0.104. The maximum absolute atomic E-state index is 8.50. The lowest BCUT2D eigenvalue weighted by atomic mass is 9.84. The molecule has 1 aliphatic carbocycles. The van der Waals surface area contributed by atoms with Gasteiger partial charge in [0.05, 0.1) is 0 Å². The van der Waals surface area contributed by atoms with Crippen LogP contribution in [-0.2, 0) is 6.54 Å². The number of benzene rings is 1. The summed E-state index contributed by atoms with van der Waals surface area (Å²) in [5.74, 6) is 0.768. The predicted octanol–water partition coefficient (Wildman–Crippen LogP) is 2.96. The molecule has 0 atom stereocenters. The first-order valence-corrected chi connectivity index (χ1v) is 7.85. The quantitative estimate of drug-likeness (QED) is 0.831. The number of hydrogen-bond acceptors (Lipinski definition) is 4. The predicted molar refractivity (Wildman–Crippen MR) is 79.4 cm³/mol. The Labute approximate surface area is 119 Å². The molecule has 0 amide bonds. The van der Waals surface area contributed by atoms with Crippen molar-refractivity contribution in [1.82, 2.24) is 5.32 Å². The molecule has 0 bridgehead atoms. The highest BCUT2D eigenvalue weighted by Crippen LogP contribution is 2.42. The molecule has 1 aromatic carbocycles. The fourth-order valence-electron chi connectivity index (χ4n) is 2.32. The van der Waals surface area contributed by atoms with Gasteiger partial charge in [0.15, 0.2) is 6.61 Å². The van der Waals surface area contributed by atoms with Gasteiger partial charge in [0, 0.05) is 17.8 Å². The summed E-state index contributed by atoms with van der Waals surface area (Å²) in [5.41, 5.74) is 1.20. The molecule has 19 heavy (non-hydrogen) atoms. The van der Waals surface area contributed by atoms with Crippen LogP contribution < -0.4 is 10.1 Å². The first kappa shape index (κ1) is 14.2. The molecule has 0 saturated heterocycles. The summed E-state index contributed by atoms with van der Waals surface area (Å²) in [6, 6.07) is 9.91. The van der Waals surface area contributed by atoms with Crippen LogP contribution in [0.5, 0.6) is 5.75 Å². The second-order valence-corrected chi connectivity index (χ2v) is 6.21. The Kier molecular flexibility index (Phi) is 5.12. The Morgan fingerprint density at radius 2 is 2.32 bits per heavy atom. The number of nitrogens with one attached hydrogen (secondary N) is 1.